The zero-order valence-corrected chi connectivity index (χ0v) is 8.73. The second kappa shape index (κ2) is 3.58. The van der Waals surface area contributed by atoms with Gasteiger partial charge < -0.3 is 4.57 Å². The van der Waals surface area contributed by atoms with Crippen molar-refractivity contribution in [3.8, 4) is 17.5 Å². The molecule has 0 saturated carbocycles. The topological polar surface area (TPSA) is 41.6 Å². The number of hydrogen-bond acceptors (Lipinski definition) is 2. The first-order valence-electron chi connectivity index (χ1n) is 4.71. The Labute approximate surface area is 88.6 Å². The van der Waals surface area contributed by atoms with Gasteiger partial charge in [-0.25, -0.2) is 4.98 Å². The van der Waals surface area contributed by atoms with Crippen LogP contribution < -0.4 is 0 Å². The Hall–Kier alpha value is -2.08. The second-order valence-electron chi connectivity index (χ2n) is 3.54. The van der Waals surface area contributed by atoms with E-state index in [1.807, 2.05) is 48.9 Å². The average molecular weight is 197 g/mol. The van der Waals surface area contributed by atoms with E-state index >= 15 is 0 Å². The van der Waals surface area contributed by atoms with Gasteiger partial charge in [0.1, 0.15) is 11.9 Å². The van der Waals surface area contributed by atoms with E-state index in [9.17, 15) is 0 Å². The van der Waals surface area contributed by atoms with Crippen LogP contribution in [0.2, 0.25) is 0 Å². The van der Waals surface area contributed by atoms with Gasteiger partial charge in [0.25, 0.3) is 0 Å². The molecule has 1 heterocycles. The Balaban J connectivity index is 2.50. The molecule has 0 unspecified atom stereocenters. The van der Waals surface area contributed by atoms with Crippen LogP contribution in [0.25, 0.3) is 11.4 Å². The van der Waals surface area contributed by atoms with E-state index in [0.717, 1.165) is 11.4 Å². The minimum atomic E-state index is 0.452. The highest BCUT2D eigenvalue weighted by Gasteiger charge is 2.06. The fourth-order valence-corrected chi connectivity index (χ4v) is 1.49. The third kappa shape index (κ3) is 1.75. The molecule has 2 aromatic rings. The summed E-state index contributed by atoms with van der Waals surface area (Å²) in [4.78, 5) is 4.23. The molecular formula is C12H11N3. The predicted molar refractivity (Wildman–Crippen MR) is 58.1 cm³/mol. The molecule has 0 N–H and O–H groups in total. The van der Waals surface area contributed by atoms with Crippen LogP contribution in [0.4, 0.5) is 0 Å². The van der Waals surface area contributed by atoms with Crippen molar-refractivity contribution < 1.29 is 0 Å². The fourth-order valence-electron chi connectivity index (χ4n) is 1.49. The van der Waals surface area contributed by atoms with Crippen molar-refractivity contribution in [1.82, 2.24) is 9.55 Å². The molecule has 1 aromatic heterocycles. The first-order valence-corrected chi connectivity index (χ1v) is 4.71. The molecular weight excluding hydrogens is 186 g/mol. The Morgan fingerprint density at radius 3 is 2.47 bits per heavy atom. The number of hydrogen-bond donors (Lipinski definition) is 0. The van der Waals surface area contributed by atoms with E-state index in [2.05, 4.69) is 4.98 Å². The zero-order valence-electron chi connectivity index (χ0n) is 8.73. The number of aromatic nitrogens is 2. The summed E-state index contributed by atoms with van der Waals surface area (Å²) < 4.78 is 1.86. The second-order valence-corrected chi connectivity index (χ2v) is 3.54. The highest BCUT2D eigenvalue weighted by molar-refractivity contribution is 5.57. The molecule has 0 spiro atoms. The molecule has 0 aliphatic heterocycles. The number of imidazole rings is 1. The lowest BCUT2D eigenvalue weighted by atomic mass is 10.1. The Morgan fingerprint density at radius 1 is 1.27 bits per heavy atom. The molecule has 74 valence electrons. The highest BCUT2D eigenvalue weighted by Crippen LogP contribution is 2.18. The van der Waals surface area contributed by atoms with E-state index in [1.165, 1.54) is 5.56 Å². The van der Waals surface area contributed by atoms with Crippen LogP contribution in [0.5, 0.6) is 0 Å². The molecule has 0 bridgehead atoms. The summed E-state index contributed by atoms with van der Waals surface area (Å²) >= 11 is 0. The van der Waals surface area contributed by atoms with Gasteiger partial charge in [-0.15, -0.1) is 0 Å². The van der Waals surface area contributed by atoms with E-state index in [0.29, 0.717) is 5.69 Å². The summed E-state index contributed by atoms with van der Waals surface area (Å²) in [6.45, 7) is 2.04. The summed E-state index contributed by atoms with van der Waals surface area (Å²) in [7, 11) is 1.89. The number of benzene rings is 1. The number of nitriles is 1. The van der Waals surface area contributed by atoms with E-state index in [1.54, 1.807) is 6.20 Å². The molecule has 0 aliphatic carbocycles. The summed E-state index contributed by atoms with van der Waals surface area (Å²) in [6, 6.07) is 10.1. The van der Waals surface area contributed by atoms with Gasteiger partial charge in [-0.1, -0.05) is 29.8 Å². The minimum Gasteiger partial charge on any atom is -0.333 e. The lowest BCUT2D eigenvalue weighted by Crippen LogP contribution is -1.90. The van der Waals surface area contributed by atoms with E-state index in [4.69, 9.17) is 5.26 Å². The molecule has 3 heteroatoms. The van der Waals surface area contributed by atoms with Gasteiger partial charge in [0.2, 0.25) is 0 Å². The predicted octanol–water partition coefficient (Wildman–Crippen LogP) is 2.27. The molecule has 0 radical (unpaired) electrons. The SMILES string of the molecule is Cc1ccc(-c2nc(C#N)cn2C)cc1. The van der Waals surface area contributed by atoms with Crippen molar-refractivity contribution in [2.45, 2.75) is 6.92 Å². The number of rotatable bonds is 1. The van der Waals surface area contributed by atoms with Gasteiger partial charge in [-0.3, -0.25) is 0 Å². The largest absolute Gasteiger partial charge is 0.333 e. The molecule has 0 atom stereocenters. The van der Waals surface area contributed by atoms with Gasteiger partial charge in [-0.05, 0) is 6.92 Å². The molecule has 1 aromatic carbocycles. The lowest BCUT2D eigenvalue weighted by Gasteiger charge is -2.01. The monoisotopic (exact) mass is 197 g/mol. The molecule has 0 amide bonds. The normalized spacial score (nSPS) is 9.93. The Kier molecular flexibility index (Phi) is 2.26. The van der Waals surface area contributed by atoms with Crippen molar-refractivity contribution in [3.63, 3.8) is 0 Å². The van der Waals surface area contributed by atoms with Crippen LogP contribution in [0.1, 0.15) is 11.3 Å². The molecule has 3 nitrogen and oxygen atoms in total. The van der Waals surface area contributed by atoms with Gasteiger partial charge in [-0.2, -0.15) is 5.26 Å². The maximum atomic E-state index is 8.74. The average Bonchev–Trinajstić information content (AvgIpc) is 2.61. The molecule has 0 fully saturated rings. The first-order chi connectivity index (χ1) is 7.20. The molecule has 0 saturated heterocycles. The van der Waals surface area contributed by atoms with Crippen LogP contribution in [-0.2, 0) is 7.05 Å². The molecule has 15 heavy (non-hydrogen) atoms. The van der Waals surface area contributed by atoms with Crippen molar-refractivity contribution >= 4 is 0 Å². The van der Waals surface area contributed by atoms with Crippen LogP contribution >= 0.6 is 0 Å². The number of aryl methyl sites for hydroxylation is 2. The van der Waals surface area contributed by atoms with Gasteiger partial charge in [0, 0.05) is 18.8 Å². The zero-order chi connectivity index (χ0) is 10.8. The van der Waals surface area contributed by atoms with Crippen LogP contribution in [0.15, 0.2) is 30.5 Å². The van der Waals surface area contributed by atoms with Gasteiger partial charge >= 0.3 is 0 Å². The smallest absolute Gasteiger partial charge is 0.159 e. The fraction of sp³-hybridized carbons (Fsp3) is 0.167. The summed E-state index contributed by atoms with van der Waals surface area (Å²) in [6.07, 6.45) is 1.73. The van der Waals surface area contributed by atoms with Gasteiger partial charge in [0.05, 0.1) is 0 Å². The molecule has 2 rings (SSSR count). The maximum absolute atomic E-state index is 8.74. The molecule has 0 aliphatic rings. The maximum Gasteiger partial charge on any atom is 0.159 e. The van der Waals surface area contributed by atoms with Crippen molar-refractivity contribution in [2.75, 3.05) is 0 Å². The van der Waals surface area contributed by atoms with Crippen LogP contribution in [0, 0.1) is 18.3 Å². The third-order valence-electron chi connectivity index (χ3n) is 2.30. The Morgan fingerprint density at radius 2 is 1.93 bits per heavy atom. The Bertz CT molecular complexity index is 515. The third-order valence-corrected chi connectivity index (χ3v) is 2.30. The quantitative estimate of drug-likeness (QED) is 0.703. The summed E-state index contributed by atoms with van der Waals surface area (Å²) in [5.41, 5.74) is 2.70. The first kappa shape index (κ1) is 9.47. The van der Waals surface area contributed by atoms with Crippen molar-refractivity contribution in [2.24, 2.45) is 7.05 Å². The van der Waals surface area contributed by atoms with Crippen molar-refractivity contribution in [3.05, 3.63) is 41.7 Å². The summed E-state index contributed by atoms with van der Waals surface area (Å²) in [5, 5.41) is 8.74. The standard InChI is InChI=1S/C12H11N3/c1-9-3-5-10(6-4-9)12-14-11(7-13)8-15(12)2/h3-6,8H,1-2H3. The van der Waals surface area contributed by atoms with Crippen LogP contribution in [-0.4, -0.2) is 9.55 Å². The highest BCUT2D eigenvalue weighted by atomic mass is 15.0. The van der Waals surface area contributed by atoms with Crippen LogP contribution in [0.3, 0.4) is 0 Å². The lowest BCUT2D eigenvalue weighted by molar-refractivity contribution is 0.924. The number of nitrogens with zero attached hydrogens (tertiary/aromatic N) is 3. The van der Waals surface area contributed by atoms with Gasteiger partial charge in [0.15, 0.2) is 5.69 Å². The van der Waals surface area contributed by atoms with E-state index in [-0.39, 0.29) is 0 Å². The van der Waals surface area contributed by atoms with E-state index < -0.39 is 0 Å². The minimum absolute atomic E-state index is 0.452. The van der Waals surface area contributed by atoms with Crippen molar-refractivity contribution in [1.29, 1.82) is 5.26 Å². The summed E-state index contributed by atoms with van der Waals surface area (Å²) in [5.74, 6) is 0.826.